The molecule has 1 aromatic carbocycles. The number of cyclic esters (lactones) is 1. The lowest BCUT2D eigenvalue weighted by atomic mass is 10.2. The number of hydrogen-bond acceptors (Lipinski definition) is 5. The largest absolute Gasteiger partial charge is 0.464 e. The molecule has 0 amide bonds. The van der Waals surface area contributed by atoms with Crippen molar-refractivity contribution in [3.8, 4) is 11.4 Å². The molecular weight excluding hydrogens is 239 g/mol. The molecule has 92 valence electrons. The molecule has 0 saturated carbocycles. The summed E-state index contributed by atoms with van der Waals surface area (Å²) < 4.78 is 17.6. The molecule has 2 heterocycles. The number of rotatable bonds is 2. The van der Waals surface area contributed by atoms with Gasteiger partial charge in [-0.05, 0) is 29.5 Å². The Labute approximate surface area is 101 Å². The summed E-state index contributed by atoms with van der Waals surface area (Å²) in [4.78, 5) is 12.6. The summed E-state index contributed by atoms with van der Waals surface area (Å²) in [6, 6.07) is 5.25. The standard InChI is InChI=1S/C11H9FN4O2/c12-8-3-1-7(2-4-8)10-13-15-16(14-10)9-5-6-18-11(9)17/h1-4,9H,5-6H2/t9-/m0/s1. The zero-order chi connectivity index (χ0) is 12.5. The lowest BCUT2D eigenvalue weighted by Crippen LogP contribution is -2.17. The summed E-state index contributed by atoms with van der Waals surface area (Å²) in [5.74, 6) is -0.321. The van der Waals surface area contributed by atoms with E-state index in [-0.39, 0.29) is 11.8 Å². The molecule has 0 unspecified atom stereocenters. The average Bonchev–Trinajstić information content (AvgIpc) is 2.98. The molecule has 1 saturated heterocycles. The summed E-state index contributed by atoms with van der Waals surface area (Å²) in [6.07, 6.45) is 0.540. The Morgan fingerprint density at radius 2 is 2.11 bits per heavy atom. The lowest BCUT2D eigenvalue weighted by Gasteiger charge is -2.01. The number of tetrazole rings is 1. The van der Waals surface area contributed by atoms with Crippen molar-refractivity contribution in [2.24, 2.45) is 0 Å². The molecule has 1 aliphatic rings. The fraction of sp³-hybridized carbons (Fsp3) is 0.273. The van der Waals surface area contributed by atoms with E-state index in [0.29, 0.717) is 24.4 Å². The Balaban J connectivity index is 1.89. The Bertz CT molecular complexity index is 581. The van der Waals surface area contributed by atoms with E-state index in [2.05, 4.69) is 15.4 Å². The number of hydrogen-bond donors (Lipinski definition) is 0. The molecule has 0 radical (unpaired) electrons. The minimum Gasteiger partial charge on any atom is -0.464 e. The van der Waals surface area contributed by atoms with Gasteiger partial charge in [-0.3, -0.25) is 0 Å². The third-order valence-electron chi connectivity index (χ3n) is 2.72. The first-order chi connectivity index (χ1) is 8.74. The quantitative estimate of drug-likeness (QED) is 0.740. The van der Waals surface area contributed by atoms with Crippen molar-refractivity contribution in [1.82, 2.24) is 20.2 Å². The van der Waals surface area contributed by atoms with Crippen molar-refractivity contribution in [1.29, 1.82) is 0 Å². The predicted molar refractivity (Wildman–Crippen MR) is 57.8 cm³/mol. The molecule has 6 nitrogen and oxygen atoms in total. The van der Waals surface area contributed by atoms with E-state index in [0.717, 1.165) is 0 Å². The van der Waals surface area contributed by atoms with Crippen molar-refractivity contribution < 1.29 is 13.9 Å². The van der Waals surface area contributed by atoms with Crippen molar-refractivity contribution in [3.63, 3.8) is 0 Å². The Hall–Kier alpha value is -2.31. The molecule has 1 aromatic heterocycles. The van der Waals surface area contributed by atoms with Gasteiger partial charge in [0.2, 0.25) is 5.82 Å². The second-order valence-electron chi connectivity index (χ2n) is 3.91. The van der Waals surface area contributed by atoms with Crippen LogP contribution in [0.5, 0.6) is 0 Å². The molecule has 2 aromatic rings. The SMILES string of the molecule is O=C1OCC[C@@H]1n1nnc(-c2ccc(F)cc2)n1. The molecular formula is C11H9FN4O2. The van der Waals surface area contributed by atoms with Crippen LogP contribution in [0.25, 0.3) is 11.4 Å². The highest BCUT2D eigenvalue weighted by Crippen LogP contribution is 2.20. The van der Waals surface area contributed by atoms with Crippen LogP contribution in [0.2, 0.25) is 0 Å². The van der Waals surface area contributed by atoms with Gasteiger partial charge in [0.05, 0.1) is 6.61 Å². The molecule has 1 aliphatic heterocycles. The molecule has 0 N–H and O–H groups in total. The van der Waals surface area contributed by atoms with Gasteiger partial charge in [0, 0.05) is 12.0 Å². The van der Waals surface area contributed by atoms with Crippen LogP contribution in [0.1, 0.15) is 12.5 Å². The third-order valence-corrected chi connectivity index (χ3v) is 2.72. The van der Waals surface area contributed by atoms with Gasteiger partial charge < -0.3 is 4.74 Å². The van der Waals surface area contributed by atoms with Gasteiger partial charge >= 0.3 is 5.97 Å². The van der Waals surface area contributed by atoms with Crippen LogP contribution < -0.4 is 0 Å². The number of ether oxygens (including phenoxy) is 1. The van der Waals surface area contributed by atoms with Gasteiger partial charge in [0.15, 0.2) is 6.04 Å². The molecule has 3 rings (SSSR count). The average molecular weight is 248 g/mol. The maximum atomic E-state index is 12.8. The number of esters is 1. The first-order valence-electron chi connectivity index (χ1n) is 5.46. The molecule has 0 bridgehead atoms. The van der Waals surface area contributed by atoms with Gasteiger partial charge in [-0.2, -0.15) is 0 Å². The van der Waals surface area contributed by atoms with Crippen molar-refractivity contribution in [2.45, 2.75) is 12.5 Å². The summed E-state index contributed by atoms with van der Waals surface area (Å²) in [5.41, 5.74) is 0.647. The summed E-state index contributed by atoms with van der Waals surface area (Å²) in [7, 11) is 0. The third kappa shape index (κ3) is 1.83. The fourth-order valence-corrected chi connectivity index (χ4v) is 1.77. The van der Waals surface area contributed by atoms with Crippen LogP contribution in [0.3, 0.4) is 0 Å². The van der Waals surface area contributed by atoms with Gasteiger partial charge in [0.1, 0.15) is 5.82 Å². The summed E-state index contributed by atoms with van der Waals surface area (Å²) in [6.45, 7) is 0.372. The van der Waals surface area contributed by atoms with E-state index >= 15 is 0 Å². The number of carbonyl (C=O) groups is 1. The van der Waals surface area contributed by atoms with E-state index < -0.39 is 6.04 Å². The highest BCUT2D eigenvalue weighted by atomic mass is 19.1. The van der Waals surface area contributed by atoms with Crippen molar-refractivity contribution in [3.05, 3.63) is 30.1 Å². The van der Waals surface area contributed by atoms with Crippen molar-refractivity contribution in [2.75, 3.05) is 6.61 Å². The van der Waals surface area contributed by atoms with E-state index in [1.165, 1.54) is 16.9 Å². The Morgan fingerprint density at radius 1 is 1.33 bits per heavy atom. The Kier molecular flexibility index (Phi) is 2.51. The topological polar surface area (TPSA) is 69.9 Å². The normalized spacial score (nSPS) is 18.9. The Morgan fingerprint density at radius 3 is 2.78 bits per heavy atom. The number of carbonyl (C=O) groups excluding carboxylic acids is 1. The van der Waals surface area contributed by atoms with E-state index in [1.807, 2.05) is 0 Å². The number of halogens is 1. The van der Waals surface area contributed by atoms with Gasteiger partial charge in [-0.1, -0.05) is 0 Å². The summed E-state index contributed by atoms with van der Waals surface area (Å²) >= 11 is 0. The van der Waals surface area contributed by atoms with Gasteiger partial charge in [0.25, 0.3) is 0 Å². The molecule has 0 aliphatic carbocycles. The number of benzene rings is 1. The molecule has 1 atom stereocenters. The van der Waals surface area contributed by atoms with Crippen molar-refractivity contribution >= 4 is 5.97 Å². The molecule has 0 spiro atoms. The molecule has 18 heavy (non-hydrogen) atoms. The van der Waals surface area contributed by atoms with Crippen LogP contribution in [-0.2, 0) is 9.53 Å². The maximum absolute atomic E-state index is 12.8. The highest BCUT2D eigenvalue weighted by Gasteiger charge is 2.30. The van der Waals surface area contributed by atoms with Crippen LogP contribution in [0, 0.1) is 5.82 Å². The number of aromatic nitrogens is 4. The number of nitrogens with zero attached hydrogens (tertiary/aromatic N) is 4. The van der Waals surface area contributed by atoms with Crippen LogP contribution >= 0.6 is 0 Å². The van der Waals surface area contributed by atoms with Crippen LogP contribution in [0.4, 0.5) is 4.39 Å². The smallest absolute Gasteiger partial charge is 0.333 e. The van der Waals surface area contributed by atoms with Crippen LogP contribution in [-0.4, -0.2) is 32.8 Å². The zero-order valence-corrected chi connectivity index (χ0v) is 9.28. The van der Waals surface area contributed by atoms with E-state index in [1.54, 1.807) is 12.1 Å². The minimum atomic E-state index is -0.508. The predicted octanol–water partition coefficient (Wildman–Crippen LogP) is 0.967. The first-order valence-corrected chi connectivity index (χ1v) is 5.46. The minimum absolute atomic E-state index is 0.328. The second kappa shape index (κ2) is 4.17. The highest BCUT2D eigenvalue weighted by molar-refractivity contribution is 5.75. The zero-order valence-electron chi connectivity index (χ0n) is 9.28. The van der Waals surface area contributed by atoms with E-state index in [9.17, 15) is 9.18 Å². The second-order valence-corrected chi connectivity index (χ2v) is 3.91. The molecule has 7 heteroatoms. The van der Waals surface area contributed by atoms with Crippen LogP contribution in [0.15, 0.2) is 24.3 Å². The molecule has 1 fully saturated rings. The van der Waals surface area contributed by atoms with Gasteiger partial charge in [-0.25, -0.2) is 9.18 Å². The lowest BCUT2D eigenvalue weighted by molar-refractivity contribution is -0.141. The monoisotopic (exact) mass is 248 g/mol. The summed E-state index contributed by atoms with van der Waals surface area (Å²) in [5, 5.41) is 11.8. The van der Waals surface area contributed by atoms with E-state index in [4.69, 9.17) is 4.74 Å². The fourth-order valence-electron chi connectivity index (χ4n) is 1.77. The maximum Gasteiger partial charge on any atom is 0.333 e. The first kappa shape index (κ1) is 10.8. The van der Waals surface area contributed by atoms with Gasteiger partial charge in [-0.15, -0.1) is 15.0 Å².